The van der Waals surface area contributed by atoms with Crippen LogP contribution in [0.25, 0.3) is 0 Å². The number of hydrogen-bond acceptors (Lipinski definition) is 5. The van der Waals surface area contributed by atoms with Crippen LogP contribution < -0.4 is 0 Å². The van der Waals surface area contributed by atoms with Crippen LogP contribution in [0.4, 0.5) is 0 Å². The smallest absolute Gasteiger partial charge is 0.342 e. The van der Waals surface area contributed by atoms with Gasteiger partial charge in [0.1, 0.15) is 5.76 Å². The first-order valence-corrected chi connectivity index (χ1v) is 8.47. The van der Waals surface area contributed by atoms with Crippen molar-refractivity contribution in [3.8, 4) is 0 Å². The molecule has 1 spiro atoms. The molecule has 0 aromatic heterocycles. The molecule has 2 atom stereocenters. The highest BCUT2D eigenvalue weighted by atomic mass is 16.7. The average molecular weight is 320 g/mol. The molecule has 0 aromatic rings. The first kappa shape index (κ1) is 15.4. The fraction of sp³-hybridized carbons (Fsp3) is 0.722. The van der Waals surface area contributed by atoms with Gasteiger partial charge < -0.3 is 18.9 Å². The van der Waals surface area contributed by atoms with E-state index in [1.54, 1.807) is 7.11 Å². The number of esters is 1. The van der Waals surface area contributed by atoms with Crippen molar-refractivity contribution in [1.29, 1.82) is 0 Å². The summed E-state index contributed by atoms with van der Waals surface area (Å²) in [6.07, 6.45) is 3.81. The number of fused-ring (bicyclic) bond motifs is 2. The molecule has 2 aliphatic heterocycles. The second-order valence-corrected chi connectivity index (χ2v) is 7.31. The number of rotatable bonds is 2. The van der Waals surface area contributed by atoms with Gasteiger partial charge in [0, 0.05) is 25.0 Å². The molecule has 0 N–H and O–H groups in total. The molecule has 2 aliphatic carbocycles. The summed E-state index contributed by atoms with van der Waals surface area (Å²) < 4.78 is 22.9. The third-order valence-corrected chi connectivity index (χ3v) is 6.08. The lowest BCUT2D eigenvalue weighted by atomic mass is 9.59. The third kappa shape index (κ3) is 2.06. The fourth-order valence-corrected chi connectivity index (χ4v) is 4.79. The van der Waals surface area contributed by atoms with Gasteiger partial charge >= 0.3 is 5.97 Å². The SMILES string of the molecule is COCC1=C2CC[C@@]3(C)CCC4(OCCO4)[C@H](C)C3=C2OC1=O. The number of carbonyl (C=O) groups is 1. The Morgan fingerprint density at radius 2 is 1.96 bits per heavy atom. The van der Waals surface area contributed by atoms with Gasteiger partial charge in [0.25, 0.3) is 0 Å². The third-order valence-electron chi connectivity index (χ3n) is 6.08. The van der Waals surface area contributed by atoms with E-state index < -0.39 is 5.79 Å². The summed E-state index contributed by atoms with van der Waals surface area (Å²) in [5.74, 6) is 0.0691. The first-order chi connectivity index (χ1) is 11.0. The molecule has 2 fully saturated rings. The van der Waals surface area contributed by atoms with Gasteiger partial charge in [-0.05, 0) is 30.3 Å². The van der Waals surface area contributed by atoms with Gasteiger partial charge in [-0.3, -0.25) is 0 Å². The van der Waals surface area contributed by atoms with Crippen LogP contribution in [-0.4, -0.2) is 38.7 Å². The highest BCUT2D eigenvalue weighted by Crippen LogP contribution is 2.59. The van der Waals surface area contributed by atoms with Crippen LogP contribution >= 0.6 is 0 Å². The molecule has 2 heterocycles. The fourth-order valence-electron chi connectivity index (χ4n) is 4.79. The zero-order valence-corrected chi connectivity index (χ0v) is 14.1. The molecular formula is C18H24O5. The van der Waals surface area contributed by atoms with Crippen LogP contribution in [0.5, 0.6) is 0 Å². The van der Waals surface area contributed by atoms with Crippen molar-refractivity contribution >= 4 is 5.97 Å². The number of hydrogen-bond donors (Lipinski definition) is 0. The zero-order chi connectivity index (χ0) is 16.2. The summed E-state index contributed by atoms with van der Waals surface area (Å²) >= 11 is 0. The molecule has 4 rings (SSSR count). The molecule has 1 saturated heterocycles. The topological polar surface area (TPSA) is 54.0 Å². The Morgan fingerprint density at radius 3 is 2.65 bits per heavy atom. The van der Waals surface area contributed by atoms with Gasteiger partial charge in [0.05, 0.1) is 25.4 Å². The largest absolute Gasteiger partial charge is 0.423 e. The van der Waals surface area contributed by atoms with Gasteiger partial charge in [0.2, 0.25) is 0 Å². The molecule has 5 nitrogen and oxygen atoms in total. The van der Waals surface area contributed by atoms with Crippen molar-refractivity contribution in [3.05, 3.63) is 22.5 Å². The molecule has 23 heavy (non-hydrogen) atoms. The van der Waals surface area contributed by atoms with Crippen LogP contribution in [0.15, 0.2) is 22.5 Å². The molecule has 0 bridgehead atoms. The van der Waals surface area contributed by atoms with Gasteiger partial charge in [-0.25, -0.2) is 4.79 Å². The van der Waals surface area contributed by atoms with Crippen LogP contribution in [-0.2, 0) is 23.7 Å². The Bertz CT molecular complexity index is 611. The minimum Gasteiger partial charge on any atom is -0.423 e. The predicted molar refractivity (Wildman–Crippen MR) is 82.4 cm³/mol. The standard InChI is InChI=1S/C18H24O5/c1-11-14-15-12(13(10-20-3)16(19)23-15)4-5-17(14,2)6-7-18(11)21-8-9-22-18/h11H,4-10H2,1-3H3/t11-,17+/m1/s1. The molecule has 1 saturated carbocycles. The van der Waals surface area contributed by atoms with Gasteiger partial charge in [0.15, 0.2) is 5.79 Å². The van der Waals surface area contributed by atoms with Crippen molar-refractivity contribution < 1.29 is 23.7 Å². The molecule has 5 heteroatoms. The van der Waals surface area contributed by atoms with Crippen LogP contribution in [0, 0.1) is 11.3 Å². The summed E-state index contributed by atoms with van der Waals surface area (Å²) in [6.45, 7) is 6.03. The molecule has 126 valence electrons. The number of allylic oxidation sites excluding steroid dienone is 1. The minimum atomic E-state index is -0.541. The minimum absolute atomic E-state index is 0.0572. The highest BCUT2D eigenvalue weighted by molar-refractivity contribution is 5.95. The molecule has 4 aliphatic rings. The molecule has 0 radical (unpaired) electrons. The second-order valence-electron chi connectivity index (χ2n) is 7.31. The lowest BCUT2D eigenvalue weighted by Gasteiger charge is -2.50. The Balaban J connectivity index is 1.83. The van der Waals surface area contributed by atoms with Gasteiger partial charge in [-0.2, -0.15) is 0 Å². The van der Waals surface area contributed by atoms with Crippen molar-refractivity contribution in [3.63, 3.8) is 0 Å². The molecular weight excluding hydrogens is 296 g/mol. The monoisotopic (exact) mass is 320 g/mol. The Kier molecular flexibility index (Phi) is 3.45. The first-order valence-electron chi connectivity index (χ1n) is 8.47. The maximum Gasteiger partial charge on any atom is 0.342 e. The van der Waals surface area contributed by atoms with Crippen molar-refractivity contribution in [1.82, 2.24) is 0 Å². The van der Waals surface area contributed by atoms with E-state index in [1.165, 1.54) is 5.57 Å². The van der Waals surface area contributed by atoms with Crippen LogP contribution in [0.1, 0.15) is 39.5 Å². The van der Waals surface area contributed by atoms with Crippen LogP contribution in [0.3, 0.4) is 0 Å². The zero-order valence-electron chi connectivity index (χ0n) is 14.1. The van der Waals surface area contributed by atoms with E-state index in [0.717, 1.165) is 37.0 Å². The molecule has 0 aromatic carbocycles. The lowest BCUT2D eigenvalue weighted by molar-refractivity contribution is -0.206. The number of carbonyl (C=O) groups excluding carboxylic acids is 1. The Hall–Kier alpha value is -1.17. The van der Waals surface area contributed by atoms with E-state index in [9.17, 15) is 4.79 Å². The summed E-state index contributed by atoms with van der Waals surface area (Å²) in [5, 5.41) is 0. The van der Waals surface area contributed by atoms with E-state index in [1.807, 2.05) is 0 Å². The lowest BCUT2D eigenvalue weighted by Crippen LogP contribution is -2.49. The maximum atomic E-state index is 12.3. The van der Waals surface area contributed by atoms with E-state index in [0.29, 0.717) is 25.4 Å². The van der Waals surface area contributed by atoms with Crippen molar-refractivity contribution in [2.75, 3.05) is 26.9 Å². The van der Waals surface area contributed by atoms with Crippen LogP contribution in [0.2, 0.25) is 0 Å². The van der Waals surface area contributed by atoms with E-state index >= 15 is 0 Å². The van der Waals surface area contributed by atoms with E-state index in [-0.39, 0.29) is 17.3 Å². The average Bonchev–Trinajstić information content (AvgIpc) is 3.11. The molecule has 0 amide bonds. The Morgan fingerprint density at radius 1 is 1.22 bits per heavy atom. The summed E-state index contributed by atoms with van der Waals surface area (Å²) in [4.78, 5) is 12.3. The maximum absolute atomic E-state index is 12.3. The summed E-state index contributed by atoms with van der Waals surface area (Å²) in [7, 11) is 1.61. The van der Waals surface area contributed by atoms with E-state index in [4.69, 9.17) is 18.9 Å². The van der Waals surface area contributed by atoms with Gasteiger partial charge in [-0.15, -0.1) is 0 Å². The summed E-state index contributed by atoms with van der Waals surface area (Å²) in [6, 6.07) is 0. The Labute approximate surface area is 136 Å². The van der Waals surface area contributed by atoms with Crippen molar-refractivity contribution in [2.24, 2.45) is 11.3 Å². The molecule has 0 unspecified atom stereocenters. The van der Waals surface area contributed by atoms with Gasteiger partial charge in [-0.1, -0.05) is 13.8 Å². The normalized spacial score (nSPS) is 35.6. The quantitative estimate of drug-likeness (QED) is 0.732. The number of methoxy groups -OCH3 is 1. The van der Waals surface area contributed by atoms with E-state index in [2.05, 4.69) is 13.8 Å². The predicted octanol–water partition coefficient (Wildman–Crippen LogP) is 2.71. The summed E-state index contributed by atoms with van der Waals surface area (Å²) in [5.41, 5.74) is 2.97. The number of ether oxygens (including phenoxy) is 4. The highest BCUT2D eigenvalue weighted by Gasteiger charge is 2.56. The second kappa shape index (κ2) is 5.16. The van der Waals surface area contributed by atoms with Crippen molar-refractivity contribution in [2.45, 2.75) is 45.3 Å².